The van der Waals surface area contributed by atoms with E-state index in [0.29, 0.717) is 23.5 Å². The molecule has 0 aliphatic carbocycles. The molecule has 2 aliphatic heterocycles. The second-order valence-electron chi connectivity index (χ2n) is 10.6. The molecule has 9 nitrogen and oxygen atoms in total. The Labute approximate surface area is 238 Å². The quantitative estimate of drug-likeness (QED) is 0.391. The fourth-order valence-electron chi connectivity index (χ4n) is 5.82. The van der Waals surface area contributed by atoms with Gasteiger partial charge in [-0.15, -0.1) is 0 Å². The van der Waals surface area contributed by atoms with E-state index in [2.05, 4.69) is 0 Å². The minimum absolute atomic E-state index is 0.0467. The number of methoxy groups -OCH3 is 1. The lowest BCUT2D eigenvalue weighted by atomic mass is 9.83. The van der Waals surface area contributed by atoms with Gasteiger partial charge in [-0.1, -0.05) is 49.4 Å². The number of carbonyl (C=O) groups is 2. The largest absolute Gasteiger partial charge is 0.491 e. The molecule has 0 spiro atoms. The van der Waals surface area contributed by atoms with Gasteiger partial charge < -0.3 is 24.7 Å². The third kappa shape index (κ3) is 5.18. The van der Waals surface area contributed by atoms with Gasteiger partial charge in [0.1, 0.15) is 0 Å². The molecular weight excluding hydrogens is 522 g/mol. The molecule has 2 N–H and O–H groups in total. The number of likely N-dealkylation sites (tertiary alicyclic amines) is 1. The number of carbonyl (C=O) groups excluding carboxylic acids is 2. The van der Waals surface area contributed by atoms with Crippen LogP contribution in [0, 0.1) is 5.92 Å². The number of aliphatic hydroxyl groups is 2. The lowest BCUT2D eigenvalue weighted by Crippen LogP contribution is -2.44. The Morgan fingerprint density at radius 3 is 2.61 bits per heavy atom. The minimum atomic E-state index is -1.79. The third-order valence-corrected chi connectivity index (χ3v) is 8.15. The van der Waals surface area contributed by atoms with Crippen molar-refractivity contribution in [2.75, 3.05) is 25.2 Å². The van der Waals surface area contributed by atoms with Crippen LogP contribution >= 0.6 is 0 Å². The maximum Gasteiger partial charge on any atom is 0.297 e. The molecule has 1 aromatic heterocycles. The maximum absolute atomic E-state index is 13.8. The molecule has 0 radical (unpaired) electrons. The number of anilines is 1. The van der Waals surface area contributed by atoms with E-state index in [4.69, 9.17) is 4.74 Å². The first kappa shape index (κ1) is 28.3. The van der Waals surface area contributed by atoms with E-state index in [1.807, 2.05) is 24.3 Å². The maximum atomic E-state index is 13.8. The zero-order valence-corrected chi connectivity index (χ0v) is 23.3. The SMILES string of the molecule is COc1cccn(-c2ccc(CN3C(=O)[C@@](O)([C@@H](C)/C=C/CC(=O)N4CCC[C@H]4CO)c4ccccc43)cc2)c1=O. The summed E-state index contributed by atoms with van der Waals surface area (Å²) >= 11 is 0. The van der Waals surface area contributed by atoms with E-state index in [1.54, 1.807) is 71.5 Å². The highest BCUT2D eigenvalue weighted by molar-refractivity contribution is 6.07. The van der Waals surface area contributed by atoms with Gasteiger partial charge in [-0.2, -0.15) is 0 Å². The van der Waals surface area contributed by atoms with Gasteiger partial charge in [0.05, 0.1) is 32.0 Å². The lowest BCUT2D eigenvalue weighted by molar-refractivity contribution is -0.139. The molecule has 214 valence electrons. The van der Waals surface area contributed by atoms with Gasteiger partial charge in [-0.3, -0.25) is 19.0 Å². The van der Waals surface area contributed by atoms with Crippen LogP contribution in [-0.4, -0.2) is 57.8 Å². The first-order chi connectivity index (χ1) is 19.8. The van der Waals surface area contributed by atoms with Gasteiger partial charge in [-0.05, 0) is 48.7 Å². The number of benzene rings is 2. The summed E-state index contributed by atoms with van der Waals surface area (Å²) in [6, 6.07) is 17.7. The smallest absolute Gasteiger partial charge is 0.297 e. The second-order valence-corrected chi connectivity index (χ2v) is 10.6. The highest BCUT2D eigenvalue weighted by atomic mass is 16.5. The summed E-state index contributed by atoms with van der Waals surface area (Å²) in [7, 11) is 1.45. The summed E-state index contributed by atoms with van der Waals surface area (Å²) < 4.78 is 6.63. The highest BCUT2D eigenvalue weighted by Crippen LogP contribution is 2.45. The molecule has 9 heteroatoms. The van der Waals surface area contributed by atoms with E-state index in [1.165, 1.54) is 11.7 Å². The van der Waals surface area contributed by atoms with Crippen molar-refractivity contribution < 1.29 is 24.5 Å². The Balaban J connectivity index is 1.33. The molecule has 2 aromatic carbocycles. The van der Waals surface area contributed by atoms with Crippen LogP contribution in [0.25, 0.3) is 5.69 Å². The third-order valence-electron chi connectivity index (χ3n) is 8.15. The zero-order chi connectivity index (χ0) is 29.1. The van der Waals surface area contributed by atoms with Gasteiger partial charge in [0.2, 0.25) is 5.91 Å². The number of hydrogen-bond donors (Lipinski definition) is 2. The van der Waals surface area contributed by atoms with Crippen molar-refractivity contribution in [1.29, 1.82) is 0 Å². The van der Waals surface area contributed by atoms with Crippen LogP contribution in [0.1, 0.15) is 37.3 Å². The number of ether oxygens (including phenoxy) is 1. The normalized spacial score (nSPS) is 21.0. The molecule has 1 saturated heterocycles. The van der Waals surface area contributed by atoms with Crippen molar-refractivity contribution in [3.8, 4) is 11.4 Å². The predicted molar refractivity (Wildman–Crippen MR) is 155 cm³/mol. The van der Waals surface area contributed by atoms with E-state index >= 15 is 0 Å². The molecule has 2 aliphatic rings. The van der Waals surface area contributed by atoms with Gasteiger partial charge in [0.25, 0.3) is 11.5 Å². The van der Waals surface area contributed by atoms with Crippen LogP contribution < -0.4 is 15.2 Å². The molecule has 3 aromatic rings. The summed E-state index contributed by atoms with van der Waals surface area (Å²) in [4.78, 5) is 42.4. The molecular formula is C32H35N3O6. The molecule has 41 heavy (non-hydrogen) atoms. The van der Waals surface area contributed by atoms with Crippen molar-refractivity contribution in [3.05, 3.63) is 100 Å². The Bertz CT molecular complexity index is 1510. The molecule has 1 fully saturated rings. The van der Waals surface area contributed by atoms with Crippen molar-refractivity contribution in [2.45, 2.75) is 44.4 Å². The fourth-order valence-corrected chi connectivity index (χ4v) is 5.82. The van der Waals surface area contributed by atoms with Crippen LogP contribution in [0.4, 0.5) is 5.69 Å². The van der Waals surface area contributed by atoms with E-state index in [-0.39, 0.29) is 42.8 Å². The standard InChI is InChI=1S/C32H35N3O6/c1-22(8-5-13-29(37)33-18-6-9-25(33)21-36)32(40)26-10-3-4-11-27(26)35(31(32)39)20-23-14-16-24(17-15-23)34-19-7-12-28(41-2)30(34)38/h3-5,7-8,10-12,14-17,19,22,25,36,40H,6,9,13,18,20-21H2,1-2H3/b8-5+/t22-,25-,32+/m0/s1. The van der Waals surface area contributed by atoms with Gasteiger partial charge in [-0.25, -0.2) is 0 Å². The van der Waals surface area contributed by atoms with Gasteiger partial charge in [0.15, 0.2) is 11.4 Å². The zero-order valence-electron chi connectivity index (χ0n) is 23.3. The van der Waals surface area contributed by atoms with Crippen molar-refractivity contribution >= 4 is 17.5 Å². The van der Waals surface area contributed by atoms with Crippen LogP contribution in [0.3, 0.4) is 0 Å². The van der Waals surface area contributed by atoms with E-state index < -0.39 is 17.4 Å². The molecule has 0 saturated carbocycles. The van der Waals surface area contributed by atoms with Crippen molar-refractivity contribution in [1.82, 2.24) is 9.47 Å². The average molecular weight is 558 g/mol. The number of fused-ring (bicyclic) bond motifs is 1. The molecule has 0 unspecified atom stereocenters. The number of nitrogens with zero attached hydrogens (tertiary/aromatic N) is 3. The second kappa shape index (κ2) is 11.7. The lowest BCUT2D eigenvalue weighted by Gasteiger charge is -2.28. The van der Waals surface area contributed by atoms with Gasteiger partial charge >= 0.3 is 0 Å². The first-order valence-corrected chi connectivity index (χ1v) is 13.9. The van der Waals surface area contributed by atoms with E-state index in [0.717, 1.165) is 18.4 Å². The molecule has 0 bridgehead atoms. The molecule has 5 rings (SSSR count). The Kier molecular flexibility index (Phi) is 8.10. The summed E-state index contributed by atoms with van der Waals surface area (Å²) in [6.07, 6.45) is 6.90. The average Bonchev–Trinajstić information content (AvgIpc) is 3.56. The number of rotatable bonds is 9. The number of amides is 2. The van der Waals surface area contributed by atoms with Crippen LogP contribution in [0.5, 0.6) is 5.75 Å². The van der Waals surface area contributed by atoms with E-state index in [9.17, 15) is 24.6 Å². The highest BCUT2D eigenvalue weighted by Gasteiger charge is 2.52. The Hall–Kier alpha value is -4.21. The number of pyridine rings is 1. The number of aromatic nitrogens is 1. The minimum Gasteiger partial charge on any atom is -0.491 e. The van der Waals surface area contributed by atoms with Crippen molar-refractivity contribution in [3.63, 3.8) is 0 Å². The summed E-state index contributed by atoms with van der Waals surface area (Å²) in [5, 5.41) is 21.4. The predicted octanol–water partition coefficient (Wildman–Crippen LogP) is 3.15. The molecule has 3 atom stereocenters. The number of aliphatic hydroxyl groups excluding tert-OH is 1. The van der Waals surface area contributed by atoms with Gasteiger partial charge in [0, 0.05) is 36.3 Å². The first-order valence-electron chi connectivity index (χ1n) is 13.9. The summed E-state index contributed by atoms with van der Waals surface area (Å²) in [6.45, 7) is 2.59. The van der Waals surface area contributed by atoms with Crippen LogP contribution in [0.2, 0.25) is 0 Å². The Morgan fingerprint density at radius 1 is 1.12 bits per heavy atom. The molecule has 2 amide bonds. The van der Waals surface area contributed by atoms with Crippen LogP contribution in [-0.2, 0) is 21.7 Å². The summed E-state index contributed by atoms with van der Waals surface area (Å²) in [5.41, 5.74) is 0.587. The molecule has 3 heterocycles. The number of hydrogen-bond acceptors (Lipinski definition) is 6. The fraction of sp³-hybridized carbons (Fsp3) is 0.344. The number of para-hydroxylation sites is 1. The Morgan fingerprint density at radius 2 is 1.88 bits per heavy atom. The van der Waals surface area contributed by atoms with Crippen molar-refractivity contribution in [2.24, 2.45) is 5.92 Å². The summed E-state index contributed by atoms with van der Waals surface area (Å²) in [5.74, 6) is -0.858. The van der Waals surface area contributed by atoms with Crippen LogP contribution in [0.15, 0.2) is 83.8 Å². The monoisotopic (exact) mass is 557 g/mol. The topological polar surface area (TPSA) is 112 Å².